The van der Waals surface area contributed by atoms with E-state index < -0.39 is 54.5 Å². The molecule has 0 atom stereocenters. The van der Waals surface area contributed by atoms with Crippen LogP contribution in [-0.2, 0) is 24.1 Å². The molecule has 0 bridgehead atoms. The minimum Gasteiger partial charge on any atom is -0.748 e. The summed E-state index contributed by atoms with van der Waals surface area (Å²) in [6.07, 6.45) is -6.47. The molecule has 0 heterocycles. The maximum atomic E-state index is 13.1. The van der Waals surface area contributed by atoms with Crippen LogP contribution in [0.4, 0.5) is 26.3 Å². The van der Waals surface area contributed by atoms with E-state index in [0.717, 1.165) is 44.6 Å². The fourth-order valence-corrected chi connectivity index (χ4v) is 5.31. The van der Waals surface area contributed by atoms with E-state index in [-0.39, 0.29) is 6.42 Å². The molecule has 0 N–H and O–H groups in total. The van der Waals surface area contributed by atoms with Crippen LogP contribution in [0.3, 0.4) is 0 Å². The highest BCUT2D eigenvalue weighted by molar-refractivity contribution is 7.85. The molecule has 0 fully saturated rings. The largest absolute Gasteiger partial charge is 0.748 e. The maximum absolute atomic E-state index is 13.1. The van der Waals surface area contributed by atoms with Crippen molar-refractivity contribution in [3.8, 4) is 0 Å². The Balaban J connectivity index is 4.38. The highest BCUT2D eigenvalue weighted by Gasteiger charge is 2.75. The van der Waals surface area contributed by atoms with Crippen molar-refractivity contribution in [3.05, 3.63) is 0 Å². The highest BCUT2D eigenvalue weighted by Crippen LogP contribution is 2.47. The van der Waals surface area contributed by atoms with Gasteiger partial charge in [-0.2, -0.15) is 26.3 Å². The summed E-state index contributed by atoms with van der Waals surface area (Å²) in [4.78, 5) is 11.6. The Kier molecular flexibility index (Phi) is 12.9. The van der Waals surface area contributed by atoms with E-state index in [1.165, 1.54) is 0 Å². The van der Waals surface area contributed by atoms with Crippen molar-refractivity contribution < 1.29 is 53.3 Å². The first kappa shape index (κ1) is 32.1. The van der Waals surface area contributed by atoms with Crippen molar-refractivity contribution in [2.24, 2.45) is 0 Å². The Hall–Kier alpha value is -0.863. The van der Waals surface area contributed by atoms with Crippen LogP contribution in [0.25, 0.3) is 0 Å². The summed E-state index contributed by atoms with van der Waals surface area (Å²) in [5, 5.41) is 0. The van der Waals surface area contributed by atoms with Crippen LogP contribution in [-0.4, -0.2) is 58.1 Å². The molecular formula is C19H33F6O6SSi-. The second kappa shape index (κ2) is 13.3. The number of rotatable bonds is 16. The van der Waals surface area contributed by atoms with Gasteiger partial charge in [-0.05, 0) is 25.6 Å². The molecule has 0 saturated heterocycles. The highest BCUT2D eigenvalue weighted by atomic mass is 32.2. The number of carbonyl (C=O) groups is 1. The average molecular weight is 532 g/mol. The lowest BCUT2D eigenvalue weighted by atomic mass is 10.0. The number of halogens is 6. The van der Waals surface area contributed by atoms with Crippen molar-refractivity contribution in [1.29, 1.82) is 0 Å². The number of hydrogen-bond donors (Lipinski definition) is 0. The summed E-state index contributed by atoms with van der Waals surface area (Å²) in [5.41, 5.74) is -5.39. The molecule has 33 heavy (non-hydrogen) atoms. The van der Waals surface area contributed by atoms with Gasteiger partial charge in [-0.25, -0.2) is 8.42 Å². The molecule has 0 aliphatic carbocycles. The van der Waals surface area contributed by atoms with Gasteiger partial charge >= 0.3 is 23.9 Å². The van der Waals surface area contributed by atoms with Crippen molar-refractivity contribution in [1.82, 2.24) is 0 Å². The van der Waals surface area contributed by atoms with Crippen LogP contribution in [0.2, 0.25) is 19.1 Å². The molecule has 0 aromatic rings. The van der Waals surface area contributed by atoms with Crippen LogP contribution < -0.4 is 0 Å². The summed E-state index contributed by atoms with van der Waals surface area (Å²) in [5.74, 6) is -4.83. The SMILES string of the molecule is CO[Si](C)(C)CCCCCCCCCCCC(=O)OC(CS(=O)(=O)[O-])(C(F)(F)F)C(F)(F)F. The Bertz CT molecular complexity index is 680. The quantitative estimate of drug-likeness (QED) is 0.0835. The summed E-state index contributed by atoms with van der Waals surface area (Å²) >= 11 is 0. The molecule has 198 valence electrons. The molecule has 0 aromatic heterocycles. The second-order valence-electron chi connectivity index (χ2n) is 8.64. The summed E-state index contributed by atoms with van der Waals surface area (Å²) < 4.78 is 120. The third-order valence-electron chi connectivity index (χ3n) is 5.30. The molecule has 0 radical (unpaired) electrons. The van der Waals surface area contributed by atoms with Gasteiger partial charge < -0.3 is 13.7 Å². The normalized spacial score (nSPS) is 13.9. The van der Waals surface area contributed by atoms with Crippen LogP contribution in [0.5, 0.6) is 0 Å². The molecule has 0 saturated carbocycles. The minimum atomic E-state index is -6.33. The van der Waals surface area contributed by atoms with Gasteiger partial charge in [-0.1, -0.05) is 51.4 Å². The third-order valence-corrected chi connectivity index (χ3v) is 8.72. The van der Waals surface area contributed by atoms with E-state index in [4.69, 9.17) is 4.43 Å². The average Bonchev–Trinajstić information content (AvgIpc) is 2.62. The Morgan fingerprint density at radius 3 is 1.58 bits per heavy atom. The number of esters is 1. The van der Waals surface area contributed by atoms with Crippen LogP contribution in [0, 0.1) is 0 Å². The van der Waals surface area contributed by atoms with Gasteiger partial charge in [0.25, 0.3) is 0 Å². The van der Waals surface area contributed by atoms with Crippen LogP contribution >= 0.6 is 0 Å². The van der Waals surface area contributed by atoms with Crippen LogP contribution in [0.1, 0.15) is 64.2 Å². The minimum absolute atomic E-state index is 0.0223. The lowest BCUT2D eigenvalue weighted by molar-refractivity contribution is -0.361. The first-order chi connectivity index (χ1) is 14.9. The summed E-state index contributed by atoms with van der Waals surface area (Å²) in [6.45, 7) is 4.31. The zero-order valence-corrected chi connectivity index (χ0v) is 20.9. The van der Waals surface area contributed by atoms with Gasteiger partial charge in [0.1, 0.15) is 0 Å². The zero-order chi connectivity index (χ0) is 26.0. The number of ether oxygens (including phenoxy) is 1. The Labute approximate surface area is 192 Å². The molecule has 14 heteroatoms. The van der Waals surface area contributed by atoms with Crippen LogP contribution in [0.15, 0.2) is 0 Å². The van der Waals surface area contributed by atoms with E-state index in [2.05, 4.69) is 17.8 Å². The summed E-state index contributed by atoms with van der Waals surface area (Å²) in [6, 6.07) is 1.09. The molecule has 0 aliphatic rings. The van der Waals surface area contributed by atoms with Crippen molar-refractivity contribution in [2.45, 2.75) is 101 Å². The van der Waals surface area contributed by atoms with E-state index in [1.54, 1.807) is 7.11 Å². The molecule has 0 spiro atoms. The maximum Gasteiger partial charge on any atom is 0.438 e. The van der Waals surface area contributed by atoms with E-state index in [0.29, 0.717) is 12.8 Å². The van der Waals surface area contributed by atoms with Gasteiger partial charge in [0.05, 0.1) is 15.9 Å². The standard InChI is InChI=1S/C19H34F6O6SSi/c1-30-33(2,3)14-12-10-8-6-4-5-7-9-11-13-16(26)31-17(18(20,21)22,19(23,24)25)15-32(27,28)29/h4-15H2,1-3H3,(H,27,28,29)/p-1. The van der Waals surface area contributed by atoms with Gasteiger partial charge in [-0.15, -0.1) is 0 Å². The zero-order valence-electron chi connectivity index (χ0n) is 19.1. The fourth-order valence-electron chi connectivity index (χ4n) is 3.12. The molecule has 6 nitrogen and oxygen atoms in total. The predicted octanol–water partition coefficient (Wildman–Crippen LogP) is 5.69. The predicted molar refractivity (Wildman–Crippen MR) is 111 cm³/mol. The lowest BCUT2D eigenvalue weighted by Gasteiger charge is -2.36. The third kappa shape index (κ3) is 12.4. The van der Waals surface area contributed by atoms with Crippen molar-refractivity contribution in [2.75, 3.05) is 12.9 Å². The second-order valence-corrected chi connectivity index (χ2v) is 14.5. The van der Waals surface area contributed by atoms with Crippen molar-refractivity contribution in [3.63, 3.8) is 0 Å². The van der Waals surface area contributed by atoms with Gasteiger partial charge in [0, 0.05) is 13.5 Å². The topological polar surface area (TPSA) is 92.7 Å². The molecule has 0 unspecified atom stereocenters. The molecule has 0 aliphatic heterocycles. The monoisotopic (exact) mass is 531 g/mol. The summed E-state index contributed by atoms with van der Waals surface area (Å²) in [7, 11) is -5.82. The molecule has 0 aromatic carbocycles. The van der Waals surface area contributed by atoms with E-state index in [9.17, 15) is 44.1 Å². The Morgan fingerprint density at radius 1 is 0.818 bits per heavy atom. The molecule has 0 amide bonds. The number of carbonyl (C=O) groups excluding carboxylic acids is 1. The van der Waals surface area contributed by atoms with E-state index in [1.807, 2.05) is 0 Å². The number of alkyl halides is 6. The van der Waals surface area contributed by atoms with Gasteiger partial charge in [0.15, 0.2) is 8.32 Å². The molecule has 0 rings (SSSR count). The Morgan fingerprint density at radius 2 is 1.21 bits per heavy atom. The first-order valence-corrected chi connectivity index (χ1v) is 15.4. The lowest BCUT2D eigenvalue weighted by Crippen LogP contribution is -2.63. The fraction of sp³-hybridized carbons (Fsp3) is 0.947. The first-order valence-electron chi connectivity index (χ1n) is 10.7. The smallest absolute Gasteiger partial charge is 0.438 e. The van der Waals surface area contributed by atoms with Crippen molar-refractivity contribution >= 4 is 24.4 Å². The van der Waals surface area contributed by atoms with Gasteiger partial charge in [0.2, 0.25) is 0 Å². The van der Waals surface area contributed by atoms with Gasteiger partial charge in [-0.3, -0.25) is 4.79 Å². The number of hydrogen-bond acceptors (Lipinski definition) is 6. The molecular weight excluding hydrogens is 498 g/mol. The van der Waals surface area contributed by atoms with E-state index >= 15 is 0 Å². The number of unbranched alkanes of at least 4 members (excludes halogenated alkanes) is 8.